The zero-order valence-corrected chi connectivity index (χ0v) is 20.4. The van der Waals surface area contributed by atoms with Crippen LogP contribution >= 0.6 is 11.3 Å². The van der Waals surface area contributed by atoms with Crippen molar-refractivity contribution in [1.82, 2.24) is 24.6 Å². The number of benzene rings is 1. The van der Waals surface area contributed by atoms with Crippen LogP contribution in [0.2, 0.25) is 0 Å². The second kappa shape index (κ2) is 10.4. The van der Waals surface area contributed by atoms with Crippen molar-refractivity contribution in [1.29, 1.82) is 0 Å². The lowest BCUT2D eigenvalue weighted by Gasteiger charge is -2.48. The molecule has 5 rings (SSSR count). The molecular formula is C24H26F3N5O3S. The number of halogens is 3. The number of carboxylic acid groups (broad SMARTS) is 1. The molecule has 1 saturated heterocycles. The summed E-state index contributed by atoms with van der Waals surface area (Å²) in [6.45, 7) is 3.34. The van der Waals surface area contributed by atoms with Crippen molar-refractivity contribution in [3.8, 4) is 10.7 Å². The zero-order valence-electron chi connectivity index (χ0n) is 19.6. The number of carboxylic acids is 1. The van der Waals surface area contributed by atoms with Crippen molar-refractivity contribution in [3.63, 3.8) is 0 Å². The Hall–Kier alpha value is -3.25. The second-order valence-electron chi connectivity index (χ2n) is 9.00. The smallest absolute Gasteiger partial charge is 0.475 e. The van der Waals surface area contributed by atoms with Crippen LogP contribution < -0.4 is 0 Å². The number of rotatable bonds is 3. The SMILES string of the molecule is CN1Cc2nnc(-c3cccs3)n2C2(CCN(C(=O)Cc3ccccc3)CC2)C1.O=C(O)C(F)(F)F. The number of piperidine rings is 1. The number of hydrogen-bond acceptors (Lipinski definition) is 6. The van der Waals surface area contributed by atoms with Crippen LogP contribution in [0.4, 0.5) is 13.2 Å². The standard InChI is InChI=1S/C22H25N5OS.C2HF3O2/c1-25-15-19-23-24-21(18-8-5-13-29-18)27(19)22(16-25)9-11-26(12-10-22)20(28)14-17-6-3-2-4-7-17;3-2(4,5)1(6)7/h2-8,13H,9-12,14-16H2,1H3;(H,6,7). The number of nitrogens with zero attached hydrogens (tertiary/aromatic N) is 5. The van der Waals surface area contributed by atoms with Gasteiger partial charge in [0.1, 0.15) is 5.82 Å². The predicted molar refractivity (Wildman–Crippen MR) is 127 cm³/mol. The molecule has 12 heteroatoms. The van der Waals surface area contributed by atoms with E-state index in [4.69, 9.17) is 9.90 Å². The molecule has 3 aromatic rings. The van der Waals surface area contributed by atoms with Crippen LogP contribution in [-0.2, 0) is 28.1 Å². The van der Waals surface area contributed by atoms with Gasteiger partial charge in [-0.05, 0) is 36.9 Å². The van der Waals surface area contributed by atoms with E-state index in [1.807, 2.05) is 35.2 Å². The molecule has 2 aromatic heterocycles. The zero-order chi connectivity index (χ0) is 25.9. The van der Waals surface area contributed by atoms with Gasteiger partial charge in [0.2, 0.25) is 5.91 Å². The van der Waals surface area contributed by atoms with E-state index in [1.165, 1.54) is 0 Å². The molecule has 1 amide bonds. The summed E-state index contributed by atoms with van der Waals surface area (Å²) in [5.41, 5.74) is 1.03. The summed E-state index contributed by atoms with van der Waals surface area (Å²) in [5.74, 6) is -0.524. The summed E-state index contributed by atoms with van der Waals surface area (Å²) in [6.07, 6.45) is -2.74. The third kappa shape index (κ3) is 5.59. The van der Waals surface area contributed by atoms with Gasteiger partial charge in [-0.2, -0.15) is 13.2 Å². The van der Waals surface area contributed by atoms with Gasteiger partial charge in [-0.3, -0.25) is 9.69 Å². The van der Waals surface area contributed by atoms with Crippen LogP contribution in [-0.4, -0.2) is 74.4 Å². The molecule has 0 unspecified atom stereocenters. The van der Waals surface area contributed by atoms with E-state index in [-0.39, 0.29) is 11.4 Å². The highest BCUT2D eigenvalue weighted by atomic mass is 32.1. The van der Waals surface area contributed by atoms with Crippen molar-refractivity contribution in [2.75, 3.05) is 26.7 Å². The van der Waals surface area contributed by atoms with Crippen LogP contribution in [0.25, 0.3) is 10.7 Å². The van der Waals surface area contributed by atoms with Crippen molar-refractivity contribution >= 4 is 23.2 Å². The Balaban J connectivity index is 0.000000384. The Kier molecular flexibility index (Phi) is 7.46. The largest absolute Gasteiger partial charge is 0.490 e. The second-order valence-corrected chi connectivity index (χ2v) is 9.94. The van der Waals surface area contributed by atoms with Crippen molar-refractivity contribution in [2.45, 2.75) is 37.5 Å². The Bertz CT molecular complexity index is 1190. The number of amides is 1. The number of likely N-dealkylation sites (N-methyl/N-ethyl adjacent to an activating group) is 1. The molecule has 2 aliphatic rings. The molecule has 1 aromatic carbocycles. The molecule has 0 aliphatic carbocycles. The molecule has 192 valence electrons. The third-order valence-corrected chi connectivity index (χ3v) is 7.27. The molecule has 0 atom stereocenters. The van der Waals surface area contributed by atoms with Crippen LogP contribution in [0, 0.1) is 0 Å². The lowest BCUT2D eigenvalue weighted by atomic mass is 9.84. The highest BCUT2D eigenvalue weighted by Gasteiger charge is 2.44. The normalized spacial score (nSPS) is 17.3. The van der Waals surface area contributed by atoms with Crippen molar-refractivity contribution in [2.24, 2.45) is 0 Å². The maximum atomic E-state index is 12.8. The lowest BCUT2D eigenvalue weighted by Crippen LogP contribution is -2.56. The molecule has 1 spiro atoms. The highest BCUT2D eigenvalue weighted by molar-refractivity contribution is 7.13. The summed E-state index contributed by atoms with van der Waals surface area (Å²) >= 11 is 1.71. The Morgan fingerprint density at radius 2 is 1.75 bits per heavy atom. The fraction of sp³-hybridized carbons (Fsp3) is 0.417. The maximum Gasteiger partial charge on any atom is 0.490 e. The third-order valence-electron chi connectivity index (χ3n) is 6.41. The molecule has 0 saturated carbocycles. The first-order chi connectivity index (χ1) is 17.1. The number of thiophene rings is 1. The maximum absolute atomic E-state index is 12.8. The number of likely N-dealkylation sites (tertiary alicyclic amines) is 1. The van der Waals surface area contributed by atoms with Gasteiger partial charge in [0.15, 0.2) is 5.82 Å². The topological polar surface area (TPSA) is 91.6 Å². The Morgan fingerprint density at radius 3 is 2.33 bits per heavy atom. The number of carbonyl (C=O) groups is 2. The van der Waals surface area contributed by atoms with Gasteiger partial charge in [0.05, 0.1) is 23.4 Å². The van der Waals surface area contributed by atoms with Crippen LogP contribution in [0.3, 0.4) is 0 Å². The number of carbonyl (C=O) groups excluding carboxylic acids is 1. The Labute approximate surface area is 210 Å². The monoisotopic (exact) mass is 521 g/mol. The molecule has 36 heavy (non-hydrogen) atoms. The number of hydrogen-bond donors (Lipinski definition) is 1. The van der Waals surface area contributed by atoms with E-state index in [0.29, 0.717) is 6.42 Å². The first kappa shape index (κ1) is 25.8. The van der Waals surface area contributed by atoms with Crippen LogP contribution in [0.1, 0.15) is 24.2 Å². The summed E-state index contributed by atoms with van der Waals surface area (Å²) in [7, 11) is 2.15. The van der Waals surface area contributed by atoms with Crippen molar-refractivity contribution in [3.05, 3.63) is 59.2 Å². The van der Waals surface area contributed by atoms with E-state index < -0.39 is 12.1 Å². The molecule has 4 heterocycles. The number of aromatic nitrogens is 3. The van der Waals surface area contributed by atoms with Gasteiger partial charge in [-0.15, -0.1) is 21.5 Å². The summed E-state index contributed by atoms with van der Waals surface area (Å²) in [4.78, 5) is 27.3. The predicted octanol–water partition coefficient (Wildman–Crippen LogP) is 3.65. The van der Waals surface area contributed by atoms with E-state index >= 15 is 0 Å². The number of fused-ring (bicyclic) bond motifs is 2. The van der Waals surface area contributed by atoms with E-state index in [0.717, 1.165) is 61.1 Å². The van der Waals surface area contributed by atoms with E-state index in [2.05, 4.69) is 44.2 Å². The fourth-order valence-electron chi connectivity index (χ4n) is 4.79. The molecule has 1 fully saturated rings. The van der Waals surface area contributed by atoms with Gasteiger partial charge in [-0.1, -0.05) is 36.4 Å². The van der Waals surface area contributed by atoms with Gasteiger partial charge < -0.3 is 14.6 Å². The number of aliphatic carboxylic acids is 1. The Morgan fingerprint density at radius 1 is 1.08 bits per heavy atom. The van der Waals surface area contributed by atoms with Gasteiger partial charge >= 0.3 is 12.1 Å². The molecular weight excluding hydrogens is 495 g/mol. The summed E-state index contributed by atoms with van der Waals surface area (Å²) in [5, 5.41) is 18.3. The average molecular weight is 522 g/mol. The fourth-order valence-corrected chi connectivity index (χ4v) is 5.49. The number of alkyl halides is 3. The highest BCUT2D eigenvalue weighted by Crippen LogP contribution is 2.39. The minimum atomic E-state index is -5.08. The van der Waals surface area contributed by atoms with Gasteiger partial charge in [-0.25, -0.2) is 4.79 Å². The minimum absolute atomic E-state index is 0.0469. The summed E-state index contributed by atoms with van der Waals surface area (Å²) < 4.78 is 34.1. The van der Waals surface area contributed by atoms with Crippen LogP contribution in [0.5, 0.6) is 0 Å². The first-order valence-electron chi connectivity index (χ1n) is 11.4. The summed E-state index contributed by atoms with van der Waals surface area (Å²) in [6, 6.07) is 14.2. The lowest BCUT2D eigenvalue weighted by molar-refractivity contribution is -0.192. The average Bonchev–Trinajstić information content (AvgIpc) is 3.50. The molecule has 0 bridgehead atoms. The van der Waals surface area contributed by atoms with Gasteiger partial charge in [0, 0.05) is 19.6 Å². The molecule has 0 radical (unpaired) electrons. The van der Waals surface area contributed by atoms with E-state index in [9.17, 15) is 18.0 Å². The van der Waals surface area contributed by atoms with E-state index in [1.54, 1.807) is 11.3 Å². The molecule has 8 nitrogen and oxygen atoms in total. The minimum Gasteiger partial charge on any atom is -0.475 e. The van der Waals surface area contributed by atoms with Gasteiger partial charge in [0.25, 0.3) is 0 Å². The van der Waals surface area contributed by atoms with Crippen LogP contribution in [0.15, 0.2) is 47.8 Å². The quantitative estimate of drug-likeness (QED) is 0.566. The first-order valence-corrected chi connectivity index (χ1v) is 12.3. The van der Waals surface area contributed by atoms with Crippen molar-refractivity contribution < 1.29 is 27.9 Å². The molecule has 1 N–H and O–H groups in total. The molecule has 2 aliphatic heterocycles.